The molecular weight excluding hydrogens is 667 g/mol. The van der Waals surface area contributed by atoms with Crippen LogP contribution in [0.5, 0.6) is 23.0 Å². The van der Waals surface area contributed by atoms with E-state index in [1.807, 2.05) is 78.9 Å². The molecule has 51 heavy (non-hydrogen) atoms. The van der Waals surface area contributed by atoms with Gasteiger partial charge < -0.3 is 23.4 Å². The first-order valence-corrected chi connectivity index (χ1v) is 16.9. The zero-order chi connectivity index (χ0) is 35.0. The molecular formula is C41H31NO8S. The standard InChI is InChI=1S/C41H31NO8S/c43-34-24-36(30-13-18-35(48-25-28-7-3-1-4-8-28)38(22-30)49-26-29-9-5-2-6-10-29)50-37-23-32(16-17-33(34)37)47-20-19-46-31-14-11-27(12-15-31)21-39-40(44)42-41(45)51-39/h1-18,21-24H,19-20,25-26H2,(H,42,44,45). The highest BCUT2D eigenvalue weighted by atomic mass is 32.2. The number of hydrogen-bond donors (Lipinski definition) is 1. The fourth-order valence-electron chi connectivity index (χ4n) is 5.28. The van der Waals surface area contributed by atoms with Crippen molar-refractivity contribution in [3.8, 4) is 34.3 Å². The van der Waals surface area contributed by atoms with Crippen molar-refractivity contribution in [3.05, 3.63) is 159 Å². The van der Waals surface area contributed by atoms with Gasteiger partial charge in [0.2, 0.25) is 0 Å². The van der Waals surface area contributed by atoms with Gasteiger partial charge >= 0.3 is 0 Å². The van der Waals surface area contributed by atoms with Crippen LogP contribution in [0.2, 0.25) is 0 Å². The second-order valence-corrected chi connectivity index (χ2v) is 12.5. The van der Waals surface area contributed by atoms with Crippen LogP contribution in [0.3, 0.4) is 0 Å². The summed E-state index contributed by atoms with van der Waals surface area (Å²) in [5.74, 6) is 2.22. The van der Waals surface area contributed by atoms with E-state index in [2.05, 4.69) is 5.32 Å². The number of hydrogen-bond acceptors (Lipinski definition) is 9. The average Bonchev–Trinajstić information content (AvgIpc) is 3.48. The van der Waals surface area contributed by atoms with Crippen molar-refractivity contribution in [1.29, 1.82) is 0 Å². The quantitative estimate of drug-likeness (QED) is 0.0939. The zero-order valence-corrected chi connectivity index (χ0v) is 28.0. The first kappa shape index (κ1) is 33.2. The molecule has 0 spiro atoms. The van der Waals surface area contributed by atoms with Gasteiger partial charge in [0.25, 0.3) is 11.1 Å². The van der Waals surface area contributed by atoms with Gasteiger partial charge in [0.05, 0.1) is 10.3 Å². The molecule has 0 atom stereocenters. The summed E-state index contributed by atoms with van der Waals surface area (Å²) in [5.41, 5.74) is 3.66. The summed E-state index contributed by atoms with van der Waals surface area (Å²) in [6, 6.07) is 38.9. The van der Waals surface area contributed by atoms with Crippen molar-refractivity contribution in [2.24, 2.45) is 0 Å². The van der Waals surface area contributed by atoms with Crippen molar-refractivity contribution in [2.75, 3.05) is 13.2 Å². The first-order valence-electron chi connectivity index (χ1n) is 16.1. The van der Waals surface area contributed by atoms with Crippen LogP contribution in [0, 0.1) is 0 Å². The third-order valence-electron chi connectivity index (χ3n) is 7.84. The number of amides is 2. The minimum absolute atomic E-state index is 0.185. The topological polar surface area (TPSA) is 113 Å². The fourth-order valence-corrected chi connectivity index (χ4v) is 5.97. The van der Waals surface area contributed by atoms with E-state index in [1.165, 1.54) is 6.07 Å². The van der Waals surface area contributed by atoms with Crippen molar-refractivity contribution in [1.82, 2.24) is 5.32 Å². The van der Waals surface area contributed by atoms with Crippen LogP contribution in [0.25, 0.3) is 28.4 Å². The van der Waals surface area contributed by atoms with Gasteiger partial charge in [0.1, 0.15) is 49.3 Å². The third-order valence-corrected chi connectivity index (χ3v) is 8.65. The zero-order valence-electron chi connectivity index (χ0n) is 27.2. The van der Waals surface area contributed by atoms with E-state index in [0.29, 0.717) is 63.4 Å². The van der Waals surface area contributed by atoms with Crippen LogP contribution in [-0.2, 0) is 18.0 Å². The highest BCUT2D eigenvalue weighted by Crippen LogP contribution is 2.35. The molecule has 0 radical (unpaired) electrons. The Morgan fingerprint density at radius 1 is 0.627 bits per heavy atom. The highest BCUT2D eigenvalue weighted by Gasteiger charge is 2.24. The molecule has 1 N–H and O–H groups in total. The number of carbonyl (C=O) groups is 2. The summed E-state index contributed by atoms with van der Waals surface area (Å²) in [6.45, 7) is 1.21. The molecule has 0 saturated carbocycles. The molecule has 7 rings (SSSR count). The second kappa shape index (κ2) is 15.5. The van der Waals surface area contributed by atoms with Crippen LogP contribution < -0.4 is 29.7 Å². The monoisotopic (exact) mass is 697 g/mol. The lowest BCUT2D eigenvalue weighted by molar-refractivity contribution is -0.115. The Balaban J connectivity index is 1.03. The molecule has 2 heterocycles. The van der Waals surface area contributed by atoms with Crippen LogP contribution in [0.1, 0.15) is 16.7 Å². The van der Waals surface area contributed by atoms with Crippen molar-refractivity contribution < 1.29 is 33.0 Å². The van der Waals surface area contributed by atoms with E-state index in [4.69, 9.17) is 23.4 Å². The summed E-state index contributed by atoms with van der Waals surface area (Å²) in [7, 11) is 0. The van der Waals surface area contributed by atoms with Gasteiger partial charge in [-0.25, -0.2) is 0 Å². The molecule has 1 aliphatic rings. The lowest BCUT2D eigenvalue weighted by Crippen LogP contribution is -2.17. The van der Waals surface area contributed by atoms with E-state index in [-0.39, 0.29) is 23.9 Å². The van der Waals surface area contributed by atoms with E-state index in [9.17, 15) is 14.4 Å². The van der Waals surface area contributed by atoms with Gasteiger partial charge in [-0.05, 0) is 77.0 Å². The molecule has 6 aromatic rings. The number of thioether (sulfide) groups is 1. The maximum atomic E-state index is 13.2. The van der Waals surface area contributed by atoms with Crippen LogP contribution in [-0.4, -0.2) is 24.4 Å². The molecule has 10 heteroatoms. The van der Waals surface area contributed by atoms with Gasteiger partial charge in [0.15, 0.2) is 16.9 Å². The summed E-state index contributed by atoms with van der Waals surface area (Å²) in [4.78, 5) is 36.7. The minimum Gasteiger partial charge on any atom is -0.490 e. The number of imide groups is 1. The van der Waals surface area contributed by atoms with E-state index in [1.54, 1.807) is 48.5 Å². The largest absolute Gasteiger partial charge is 0.490 e. The maximum Gasteiger partial charge on any atom is 0.290 e. The Morgan fingerprint density at radius 2 is 1.27 bits per heavy atom. The van der Waals surface area contributed by atoms with Crippen LogP contribution in [0.15, 0.2) is 142 Å². The number of benzene rings is 5. The number of nitrogens with one attached hydrogen (secondary N) is 1. The second-order valence-electron chi connectivity index (χ2n) is 11.5. The Bertz CT molecular complexity index is 2270. The van der Waals surface area contributed by atoms with Crippen molar-refractivity contribution in [2.45, 2.75) is 13.2 Å². The first-order chi connectivity index (χ1) is 25.0. The third kappa shape index (κ3) is 8.49. The average molecular weight is 698 g/mol. The molecule has 0 unspecified atom stereocenters. The maximum absolute atomic E-state index is 13.2. The van der Waals surface area contributed by atoms with Crippen LogP contribution >= 0.6 is 11.8 Å². The number of fused-ring (bicyclic) bond motifs is 1. The fraction of sp³-hybridized carbons (Fsp3) is 0.0976. The molecule has 1 saturated heterocycles. The van der Waals surface area contributed by atoms with E-state index in [0.717, 1.165) is 28.5 Å². The molecule has 9 nitrogen and oxygen atoms in total. The molecule has 254 valence electrons. The summed E-state index contributed by atoms with van der Waals surface area (Å²) >= 11 is 0.871. The molecule has 1 aliphatic heterocycles. The van der Waals surface area contributed by atoms with Crippen molar-refractivity contribution in [3.63, 3.8) is 0 Å². The van der Waals surface area contributed by atoms with E-state index < -0.39 is 5.91 Å². The number of ether oxygens (including phenoxy) is 4. The lowest BCUT2D eigenvalue weighted by Gasteiger charge is -2.15. The Hall–Kier alpha value is -6.26. The summed E-state index contributed by atoms with van der Waals surface area (Å²) in [5, 5.41) is 2.29. The Labute approximate surface area is 297 Å². The predicted octanol–water partition coefficient (Wildman–Crippen LogP) is 8.40. The number of rotatable bonds is 13. The predicted molar refractivity (Wildman–Crippen MR) is 196 cm³/mol. The molecule has 1 aromatic heterocycles. The Morgan fingerprint density at radius 3 is 1.94 bits per heavy atom. The van der Waals surface area contributed by atoms with E-state index >= 15 is 0 Å². The summed E-state index contributed by atoms with van der Waals surface area (Å²) in [6.07, 6.45) is 1.65. The molecule has 5 aromatic carbocycles. The Kier molecular flexibility index (Phi) is 10.1. The molecule has 0 aliphatic carbocycles. The van der Waals surface area contributed by atoms with Gasteiger partial charge in [-0.1, -0.05) is 72.8 Å². The van der Waals surface area contributed by atoms with Gasteiger partial charge in [0, 0.05) is 17.7 Å². The molecule has 1 fully saturated rings. The normalized spacial score (nSPS) is 13.3. The van der Waals surface area contributed by atoms with Gasteiger partial charge in [-0.15, -0.1) is 0 Å². The van der Waals surface area contributed by atoms with Crippen LogP contribution in [0.4, 0.5) is 4.79 Å². The lowest BCUT2D eigenvalue weighted by atomic mass is 10.1. The molecule has 2 amide bonds. The minimum atomic E-state index is -0.399. The smallest absolute Gasteiger partial charge is 0.290 e. The molecule has 0 bridgehead atoms. The van der Waals surface area contributed by atoms with Gasteiger partial charge in [-0.3, -0.25) is 19.7 Å². The highest BCUT2D eigenvalue weighted by molar-refractivity contribution is 8.18. The number of carbonyl (C=O) groups excluding carboxylic acids is 2. The summed E-state index contributed by atoms with van der Waals surface area (Å²) < 4.78 is 30.4. The van der Waals surface area contributed by atoms with Gasteiger partial charge in [-0.2, -0.15) is 0 Å². The SMILES string of the molecule is O=C1NC(=O)C(=Cc2ccc(OCCOc3ccc4c(=O)cc(-c5ccc(OCc6ccccc6)c(OCc6ccccc6)c5)oc4c3)cc2)S1. The van der Waals surface area contributed by atoms with Crippen molar-refractivity contribution >= 4 is 40.0 Å².